The first kappa shape index (κ1) is 14.5. The number of likely N-dealkylation sites (tertiary alicyclic amines) is 1. The molecule has 6 heteroatoms. The Kier molecular flexibility index (Phi) is 3.40. The van der Waals surface area contributed by atoms with Gasteiger partial charge in [0.1, 0.15) is 0 Å². The second kappa shape index (κ2) is 5.62. The molecule has 1 amide bonds. The molecule has 24 heavy (non-hydrogen) atoms. The van der Waals surface area contributed by atoms with Gasteiger partial charge in [0.2, 0.25) is 11.8 Å². The summed E-state index contributed by atoms with van der Waals surface area (Å²) in [5.74, 6) is 2.91. The highest BCUT2D eigenvalue weighted by molar-refractivity contribution is 7.99. The van der Waals surface area contributed by atoms with Gasteiger partial charge in [-0.05, 0) is 37.3 Å². The van der Waals surface area contributed by atoms with E-state index in [1.54, 1.807) is 11.8 Å². The van der Waals surface area contributed by atoms with Crippen molar-refractivity contribution in [3.05, 3.63) is 41.5 Å². The minimum atomic E-state index is -0.0402. The van der Waals surface area contributed by atoms with Crippen LogP contribution in [0.25, 0.3) is 0 Å². The highest BCUT2D eigenvalue weighted by atomic mass is 32.2. The molecule has 0 spiro atoms. The lowest BCUT2D eigenvalue weighted by Gasteiger charge is -2.25. The SMILES string of the molecule is O=C([C@H]1CSc2ccccc21)N1CCC[C@H]1c1noc(C2CC2)n1. The van der Waals surface area contributed by atoms with Crippen molar-refractivity contribution in [3.8, 4) is 0 Å². The van der Waals surface area contributed by atoms with Crippen LogP contribution in [0.2, 0.25) is 0 Å². The van der Waals surface area contributed by atoms with Crippen molar-refractivity contribution in [2.24, 2.45) is 0 Å². The van der Waals surface area contributed by atoms with Crippen molar-refractivity contribution in [1.82, 2.24) is 15.0 Å². The van der Waals surface area contributed by atoms with E-state index in [9.17, 15) is 4.79 Å². The average molecular weight is 341 g/mol. The molecule has 3 aliphatic rings. The van der Waals surface area contributed by atoms with Crippen LogP contribution >= 0.6 is 11.8 Å². The van der Waals surface area contributed by atoms with Gasteiger partial charge in [-0.15, -0.1) is 11.8 Å². The van der Waals surface area contributed by atoms with E-state index in [-0.39, 0.29) is 17.9 Å². The molecule has 1 aliphatic carbocycles. The van der Waals surface area contributed by atoms with Crippen LogP contribution < -0.4 is 0 Å². The van der Waals surface area contributed by atoms with Crippen LogP contribution in [0.3, 0.4) is 0 Å². The number of amides is 1. The highest BCUT2D eigenvalue weighted by Crippen LogP contribution is 2.43. The van der Waals surface area contributed by atoms with E-state index >= 15 is 0 Å². The second-order valence-corrected chi connectivity index (χ2v) is 7.92. The molecule has 2 atom stereocenters. The molecule has 0 unspecified atom stereocenters. The average Bonchev–Trinajstić information content (AvgIpc) is 3.06. The third-order valence-corrected chi connectivity index (χ3v) is 6.40. The number of hydrogen-bond donors (Lipinski definition) is 0. The Morgan fingerprint density at radius 3 is 3.00 bits per heavy atom. The van der Waals surface area contributed by atoms with Crippen LogP contribution in [0, 0.1) is 0 Å². The van der Waals surface area contributed by atoms with Gasteiger partial charge < -0.3 is 9.42 Å². The Balaban J connectivity index is 1.40. The number of carbonyl (C=O) groups is 1. The predicted molar refractivity (Wildman–Crippen MR) is 89.9 cm³/mol. The van der Waals surface area contributed by atoms with E-state index in [1.807, 2.05) is 17.0 Å². The molecule has 1 saturated carbocycles. The molecular formula is C18H19N3O2S. The Morgan fingerprint density at radius 1 is 1.25 bits per heavy atom. The number of aromatic nitrogens is 2. The molecule has 0 N–H and O–H groups in total. The van der Waals surface area contributed by atoms with E-state index in [4.69, 9.17) is 4.52 Å². The summed E-state index contributed by atoms with van der Waals surface area (Å²) in [7, 11) is 0. The molecule has 0 radical (unpaired) electrons. The normalized spacial score (nSPS) is 25.9. The first-order valence-electron chi connectivity index (χ1n) is 8.67. The van der Waals surface area contributed by atoms with Gasteiger partial charge >= 0.3 is 0 Å². The molecule has 5 rings (SSSR count). The molecule has 1 saturated heterocycles. The van der Waals surface area contributed by atoms with Crippen molar-refractivity contribution in [3.63, 3.8) is 0 Å². The largest absolute Gasteiger partial charge is 0.339 e. The summed E-state index contributed by atoms with van der Waals surface area (Å²) in [6.45, 7) is 0.792. The molecule has 1 aromatic heterocycles. The lowest BCUT2D eigenvalue weighted by Crippen LogP contribution is -2.35. The maximum Gasteiger partial charge on any atom is 0.231 e. The number of thioether (sulfide) groups is 1. The van der Waals surface area contributed by atoms with Crippen molar-refractivity contribution >= 4 is 17.7 Å². The van der Waals surface area contributed by atoms with E-state index < -0.39 is 0 Å². The van der Waals surface area contributed by atoms with Gasteiger partial charge in [0.25, 0.3) is 0 Å². The van der Waals surface area contributed by atoms with E-state index in [2.05, 4.69) is 22.3 Å². The molecule has 124 valence electrons. The zero-order chi connectivity index (χ0) is 16.1. The lowest BCUT2D eigenvalue weighted by atomic mass is 9.99. The Bertz CT molecular complexity index is 786. The maximum atomic E-state index is 13.2. The van der Waals surface area contributed by atoms with Crippen LogP contribution in [-0.4, -0.2) is 33.2 Å². The molecule has 2 aromatic rings. The summed E-state index contributed by atoms with van der Waals surface area (Å²) in [6.07, 6.45) is 4.22. The third-order valence-electron chi connectivity index (χ3n) is 5.22. The van der Waals surface area contributed by atoms with Crippen LogP contribution in [0.15, 0.2) is 33.7 Å². The minimum Gasteiger partial charge on any atom is -0.339 e. The van der Waals surface area contributed by atoms with E-state index in [0.717, 1.165) is 43.9 Å². The molecule has 2 aliphatic heterocycles. The highest BCUT2D eigenvalue weighted by Gasteiger charge is 2.40. The van der Waals surface area contributed by atoms with Crippen molar-refractivity contribution in [1.29, 1.82) is 0 Å². The summed E-state index contributed by atoms with van der Waals surface area (Å²) < 4.78 is 5.41. The fourth-order valence-corrected chi connectivity index (χ4v) is 4.96. The smallest absolute Gasteiger partial charge is 0.231 e. The fourth-order valence-electron chi connectivity index (χ4n) is 3.74. The number of fused-ring (bicyclic) bond motifs is 1. The van der Waals surface area contributed by atoms with Gasteiger partial charge in [-0.3, -0.25) is 4.79 Å². The number of benzene rings is 1. The number of rotatable bonds is 3. The fraction of sp³-hybridized carbons (Fsp3) is 0.500. The molecule has 0 bridgehead atoms. The van der Waals surface area contributed by atoms with Gasteiger partial charge in [-0.25, -0.2) is 0 Å². The molecule has 3 heterocycles. The quantitative estimate of drug-likeness (QED) is 0.855. The van der Waals surface area contributed by atoms with Gasteiger partial charge in [0, 0.05) is 23.1 Å². The molecule has 5 nitrogen and oxygen atoms in total. The summed E-state index contributed by atoms with van der Waals surface area (Å²) >= 11 is 1.78. The van der Waals surface area contributed by atoms with E-state index in [0.29, 0.717) is 11.7 Å². The van der Waals surface area contributed by atoms with Gasteiger partial charge in [0.05, 0.1) is 12.0 Å². The zero-order valence-electron chi connectivity index (χ0n) is 13.4. The van der Waals surface area contributed by atoms with Crippen molar-refractivity contribution < 1.29 is 9.32 Å². The van der Waals surface area contributed by atoms with Gasteiger partial charge in [0.15, 0.2) is 5.82 Å². The molecular weight excluding hydrogens is 322 g/mol. The van der Waals surface area contributed by atoms with Crippen molar-refractivity contribution in [2.45, 2.75) is 48.5 Å². The summed E-state index contributed by atoms with van der Waals surface area (Å²) in [5.41, 5.74) is 1.17. The van der Waals surface area contributed by atoms with E-state index in [1.165, 1.54) is 10.5 Å². The molecule has 1 aromatic carbocycles. The third kappa shape index (κ3) is 2.35. The summed E-state index contributed by atoms with van der Waals surface area (Å²) in [5, 5.41) is 4.18. The zero-order valence-corrected chi connectivity index (χ0v) is 14.2. The van der Waals surface area contributed by atoms with Crippen LogP contribution in [-0.2, 0) is 4.79 Å². The first-order chi connectivity index (χ1) is 11.8. The summed E-state index contributed by atoms with van der Waals surface area (Å²) in [4.78, 5) is 21.0. The van der Waals surface area contributed by atoms with Crippen molar-refractivity contribution in [2.75, 3.05) is 12.3 Å². The Morgan fingerprint density at radius 2 is 2.12 bits per heavy atom. The summed E-state index contributed by atoms with van der Waals surface area (Å²) in [6, 6.07) is 8.23. The number of hydrogen-bond acceptors (Lipinski definition) is 5. The lowest BCUT2D eigenvalue weighted by molar-refractivity contribution is -0.133. The van der Waals surface area contributed by atoms with Crippen LogP contribution in [0.1, 0.15) is 60.8 Å². The molecule has 2 fully saturated rings. The second-order valence-electron chi connectivity index (χ2n) is 6.86. The maximum absolute atomic E-state index is 13.2. The first-order valence-corrected chi connectivity index (χ1v) is 9.65. The minimum absolute atomic E-state index is 0.0217. The number of carbonyl (C=O) groups excluding carboxylic acids is 1. The predicted octanol–water partition coefficient (Wildman–Crippen LogP) is 3.50. The monoisotopic (exact) mass is 341 g/mol. The van der Waals surface area contributed by atoms with Gasteiger partial charge in [-0.1, -0.05) is 23.4 Å². The van der Waals surface area contributed by atoms with Crippen LogP contribution in [0.4, 0.5) is 0 Å². The van der Waals surface area contributed by atoms with Gasteiger partial charge in [-0.2, -0.15) is 4.98 Å². The topological polar surface area (TPSA) is 59.2 Å². The Labute approximate surface area is 144 Å². The Hall–Kier alpha value is -1.82. The number of nitrogens with zero attached hydrogens (tertiary/aromatic N) is 3. The van der Waals surface area contributed by atoms with Crippen LogP contribution in [0.5, 0.6) is 0 Å². The standard InChI is InChI=1S/C18H19N3O2S/c22-18(13-10-24-15-6-2-1-4-12(13)15)21-9-3-5-14(21)16-19-17(23-20-16)11-7-8-11/h1-2,4,6,11,13-14H,3,5,7-10H2/t13-,14-/m0/s1.